The van der Waals surface area contributed by atoms with Gasteiger partial charge in [-0.3, -0.25) is 20.4 Å². The maximum absolute atomic E-state index is 12.7. The number of carbonyl (C=O) groups is 2. The maximum atomic E-state index is 12.7. The van der Waals surface area contributed by atoms with E-state index in [1.807, 2.05) is 32.9 Å². The summed E-state index contributed by atoms with van der Waals surface area (Å²) in [6.07, 6.45) is 0.640. The van der Waals surface area contributed by atoms with Gasteiger partial charge in [0, 0.05) is 16.7 Å². The number of aryl methyl sites for hydroxylation is 2. The number of carbonyl (C=O) groups excluding carboxylic acids is 2. The molecule has 0 heterocycles. The molecule has 2 aromatic carbocycles. The highest BCUT2D eigenvalue weighted by atomic mass is 16.5. The first-order chi connectivity index (χ1) is 13.1. The molecular formula is C23H30N2O3. The van der Waals surface area contributed by atoms with E-state index < -0.39 is 0 Å². The fourth-order valence-electron chi connectivity index (χ4n) is 3.37. The van der Waals surface area contributed by atoms with Crippen LogP contribution in [0, 0.1) is 13.8 Å². The summed E-state index contributed by atoms with van der Waals surface area (Å²) in [5, 5.41) is 0. The van der Waals surface area contributed by atoms with Gasteiger partial charge in [0.05, 0.1) is 7.11 Å². The molecule has 2 N–H and O–H groups in total. The van der Waals surface area contributed by atoms with Crippen molar-refractivity contribution < 1.29 is 14.3 Å². The second-order valence-electron chi connectivity index (χ2n) is 8.06. The van der Waals surface area contributed by atoms with E-state index in [-0.39, 0.29) is 17.2 Å². The highest BCUT2D eigenvalue weighted by Gasteiger charge is 2.24. The SMILES string of the molecule is CCc1c(C(=O)NNC(=O)c2cc(C)cc(C)c2)ccc(C(C)(C)C)c1OC. The Labute approximate surface area is 167 Å². The van der Waals surface area contributed by atoms with Crippen molar-refractivity contribution in [2.75, 3.05) is 7.11 Å². The van der Waals surface area contributed by atoms with Gasteiger partial charge in [0.1, 0.15) is 5.75 Å². The van der Waals surface area contributed by atoms with Crippen LogP contribution in [-0.2, 0) is 11.8 Å². The average molecular weight is 383 g/mol. The lowest BCUT2D eigenvalue weighted by Gasteiger charge is -2.25. The summed E-state index contributed by atoms with van der Waals surface area (Å²) in [5.41, 5.74) is 9.78. The average Bonchev–Trinajstić information content (AvgIpc) is 2.62. The molecule has 2 rings (SSSR count). The van der Waals surface area contributed by atoms with Crippen molar-refractivity contribution in [2.45, 2.75) is 53.4 Å². The Morgan fingerprint density at radius 3 is 2.04 bits per heavy atom. The van der Waals surface area contributed by atoms with E-state index in [0.29, 0.717) is 17.5 Å². The van der Waals surface area contributed by atoms with Crippen molar-refractivity contribution >= 4 is 11.8 Å². The number of hydrazine groups is 1. The lowest BCUT2D eigenvalue weighted by atomic mass is 9.83. The van der Waals surface area contributed by atoms with E-state index in [1.165, 1.54) is 0 Å². The molecule has 0 aromatic heterocycles. The first kappa shape index (κ1) is 21.5. The topological polar surface area (TPSA) is 67.4 Å². The zero-order valence-electron chi connectivity index (χ0n) is 17.8. The highest BCUT2D eigenvalue weighted by Crippen LogP contribution is 2.36. The predicted molar refractivity (Wildman–Crippen MR) is 112 cm³/mol. The number of hydrogen-bond acceptors (Lipinski definition) is 3. The molecule has 0 spiro atoms. The summed E-state index contributed by atoms with van der Waals surface area (Å²) in [6.45, 7) is 12.2. The molecule has 2 amide bonds. The quantitative estimate of drug-likeness (QED) is 0.777. The normalized spacial score (nSPS) is 11.1. The minimum absolute atomic E-state index is 0.110. The second kappa shape index (κ2) is 8.46. The van der Waals surface area contributed by atoms with Crippen LogP contribution in [0.1, 0.15) is 70.7 Å². The molecule has 5 nitrogen and oxygen atoms in total. The zero-order chi connectivity index (χ0) is 21.1. The molecule has 0 saturated carbocycles. The molecule has 0 saturated heterocycles. The van der Waals surface area contributed by atoms with Gasteiger partial charge in [-0.2, -0.15) is 0 Å². The van der Waals surface area contributed by atoms with Crippen molar-refractivity contribution in [1.82, 2.24) is 10.9 Å². The molecule has 0 aliphatic heterocycles. The number of ether oxygens (including phenoxy) is 1. The van der Waals surface area contributed by atoms with Crippen LogP contribution in [0.2, 0.25) is 0 Å². The van der Waals surface area contributed by atoms with Crippen LogP contribution in [0.15, 0.2) is 30.3 Å². The summed E-state index contributed by atoms with van der Waals surface area (Å²) >= 11 is 0. The Hall–Kier alpha value is -2.82. The molecule has 0 radical (unpaired) electrons. The Bertz CT molecular complexity index is 875. The van der Waals surface area contributed by atoms with Gasteiger partial charge in [0.2, 0.25) is 0 Å². The van der Waals surface area contributed by atoms with Gasteiger partial charge in [0.15, 0.2) is 0 Å². The fraction of sp³-hybridized carbons (Fsp3) is 0.391. The van der Waals surface area contributed by atoms with Gasteiger partial charge >= 0.3 is 0 Å². The maximum Gasteiger partial charge on any atom is 0.270 e. The Morgan fingerprint density at radius 1 is 0.964 bits per heavy atom. The molecule has 2 aromatic rings. The van der Waals surface area contributed by atoms with Gasteiger partial charge < -0.3 is 4.74 Å². The van der Waals surface area contributed by atoms with Gasteiger partial charge in [-0.15, -0.1) is 0 Å². The van der Waals surface area contributed by atoms with Crippen molar-refractivity contribution in [3.8, 4) is 5.75 Å². The summed E-state index contributed by atoms with van der Waals surface area (Å²) in [4.78, 5) is 25.1. The summed E-state index contributed by atoms with van der Waals surface area (Å²) < 4.78 is 5.64. The highest BCUT2D eigenvalue weighted by molar-refractivity contribution is 6.00. The van der Waals surface area contributed by atoms with E-state index in [9.17, 15) is 9.59 Å². The Balaban J connectivity index is 2.25. The van der Waals surface area contributed by atoms with Crippen molar-refractivity contribution in [3.63, 3.8) is 0 Å². The van der Waals surface area contributed by atoms with Crippen LogP contribution in [-0.4, -0.2) is 18.9 Å². The minimum Gasteiger partial charge on any atom is -0.496 e. The van der Waals surface area contributed by atoms with Crippen LogP contribution < -0.4 is 15.6 Å². The van der Waals surface area contributed by atoms with Gasteiger partial charge in [-0.25, -0.2) is 0 Å². The molecule has 0 aliphatic rings. The zero-order valence-corrected chi connectivity index (χ0v) is 17.8. The smallest absolute Gasteiger partial charge is 0.270 e. The van der Waals surface area contributed by atoms with E-state index in [4.69, 9.17) is 4.74 Å². The van der Waals surface area contributed by atoms with Crippen molar-refractivity contribution in [3.05, 3.63) is 63.7 Å². The Morgan fingerprint density at radius 2 is 1.54 bits per heavy atom. The second-order valence-corrected chi connectivity index (χ2v) is 8.06. The number of amides is 2. The number of benzene rings is 2. The predicted octanol–water partition coefficient (Wildman–Crippen LogP) is 4.25. The first-order valence-electron chi connectivity index (χ1n) is 9.47. The number of rotatable bonds is 4. The molecule has 0 atom stereocenters. The van der Waals surface area contributed by atoms with E-state index in [1.54, 1.807) is 25.3 Å². The van der Waals surface area contributed by atoms with Gasteiger partial charge in [0.25, 0.3) is 11.8 Å². The van der Waals surface area contributed by atoms with E-state index in [0.717, 1.165) is 28.0 Å². The lowest BCUT2D eigenvalue weighted by molar-refractivity contribution is 0.0846. The summed E-state index contributed by atoms with van der Waals surface area (Å²) in [6, 6.07) is 9.27. The van der Waals surface area contributed by atoms with Crippen LogP contribution >= 0.6 is 0 Å². The molecule has 0 aliphatic carbocycles. The van der Waals surface area contributed by atoms with Crippen molar-refractivity contribution in [1.29, 1.82) is 0 Å². The molecule has 5 heteroatoms. The van der Waals surface area contributed by atoms with E-state index in [2.05, 4.69) is 31.6 Å². The van der Waals surface area contributed by atoms with Crippen LogP contribution in [0.3, 0.4) is 0 Å². The standard InChI is InChI=1S/C23H30N2O3/c1-8-17-18(9-10-19(20(17)28-7)23(4,5)6)22(27)25-24-21(26)16-12-14(2)11-15(3)13-16/h9-13H,8H2,1-7H3,(H,24,26)(H,25,27). The van der Waals surface area contributed by atoms with Crippen LogP contribution in [0.5, 0.6) is 5.75 Å². The summed E-state index contributed by atoms with van der Waals surface area (Å²) in [5.74, 6) is 0.00750. The van der Waals surface area contributed by atoms with Crippen molar-refractivity contribution in [2.24, 2.45) is 0 Å². The molecule has 0 fully saturated rings. The van der Waals surface area contributed by atoms with E-state index >= 15 is 0 Å². The molecule has 150 valence electrons. The molecule has 28 heavy (non-hydrogen) atoms. The van der Waals surface area contributed by atoms with Crippen LogP contribution in [0.25, 0.3) is 0 Å². The lowest BCUT2D eigenvalue weighted by Crippen LogP contribution is -2.42. The minimum atomic E-state index is -0.367. The van der Waals surface area contributed by atoms with Crippen LogP contribution in [0.4, 0.5) is 0 Å². The Kier molecular flexibility index (Phi) is 6.49. The number of nitrogens with one attached hydrogen (secondary N) is 2. The third kappa shape index (κ3) is 4.71. The fourth-order valence-corrected chi connectivity index (χ4v) is 3.37. The summed E-state index contributed by atoms with van der Waals surface area (Å²) in [7, 11) is 1.62. The number of methoxy groups -OCH3 is 1. The van der Waals surface area contributed by atoms with Gasteiger partial charge in [-0.1, -0.05) is 51.0 Å². The monoisotopic (exact) mass is 382 g/mol. The molecule has 0 unspecified atom stereocenters. The largest absolute Gasteiger partial charge is 0.496 e. The number of hydrogen-bond donors (Lipinski definition) is 2. The third-order valence-electron chi connectivity index (χ3n) is 4.64. The first-order valence-corrected chi connectivity index (χ1v) is 9.47. The molecule has 0 bridgehead atoms. The third-order valence-corrected chi connectivity index (χ3v) is 4.64. The molecular weight excluding hydrogens is 352 g/mol. The van der Waals surface area contributed by atoms with Gasteiger partial charge in [-0.05, 0) is 49.4 Å².